The van der Waals surface area contributed by atoms with E-state index < -0.39 is 0 Å². The van der Waals surface area contributed by atoms with Crippen molar-refractivity contribution in [2.75, 3.05) is 13.2 Å². The lowest BCUT2D eigenvalue weighted by Gasteiger charge is -2.66. The van der Waals surface area contributed by atoms with Crippen LogP contribution >= 0.6 is 0 Å². The molecule has 3 saturated carbocycles. The van der Waals surface area contributed by atoms with E-state index in [9.17, 15) is 0 Å². The third-order valence-corrected chi connectivity index (χ3v) is 7.25. The molecule has 4 aliphatic rings. The molecule has 1 aliphatic heterocycles. The van der Waals surface area contributed by atoms with Crippen LogP contribution in [-0.4, -0.2) is 24.9 Å². The minimum Gasteiger partial charge on any atom is -0.378 e. The normalized spacial score (nSPS) is 57.0. The average Bonchev–Trinajstić information content (AvgIpc) is 2.61. The van der Waals surface area contributed by atoms with Gasteiger partial charge < -0.3 is 9.47 Å². The highest BCUT2D eigenvalue weighted by molar-refractivity contribution is 5.19. The van der Waals surface area contributed by atoms with Crippen LogP contribution in [0.15, 0.2) is 0 Å². The largest absolute Gasteiger partial charge is 0.378 e. The summed E-state index contributed by atoms with van der Waals surface area (Å²) in [6.07, 6.45) is 7.03. The molecule has 20 heavy (non-hydrogen) atoms. The molecule has 1 heterocycles. The molecule has 0 aromatic rings. The van der Waals surface area contributed by atoms with E-state index in [2.05, 4.69) is 27.7 Å². The monoisotopic (exact) mass is 278 g/mol. The summed E-state index contributed by atoms with van der Waals surface area (Å²) in [6.45, 7) is 11.4. The Hall–Kier alpha value is -0.0800. The molecular weight excluding hydrogens is 248 g/mol. The molecule has 0 radical (unpaired) electrons. The van der Waals surface area contributed by atoms with Crippen LogP contribution in [-0.2, 0) is 9.47 Å². The highest BCUT2D eigenvalue weighted by Crippen LogP contribution is 2.70. The Kier molecular flexibility index (Phi) is 2.72. The molecule has 0 amide bonds. The van der Waals surface area contributed by atoms with Gasteiger partial charge in [0, 0.05) is 5.41 Å². The first-order chi connectivity index (χ1) is 9.38. The predicted molar refractivity (Wildman–Crippen MR) is 79.5 cm³/mol. The van der Waals surface area contributed by atoms with E-state index in [-0.39, 0.29) is 11.7 Å². The van der Waals surface area contributed by atoms with Crippen molar-refractivity contribution in [3.63, 3.8) is 0 Å². The van der Waals surface area contributed by atoms with Gasteiger partial charge in [0.25, 0.3) is 0 Å². The molecule has 0 aromatic carbocycles. The minimum atomic E-state index is 0.143. The number of rotatable bonds is 0. The van der Waals surface area contributed by atoms with Crippen LogP contribution in [0, 0.1) is 28.6 Å². The predicted octanol–water partition coefficient (Wildman–Crippen LogP) is 4.03. The second-order valence-corrected chi connectivity index (χ2v) is 9.10. The molecule has 0 bridgehead atoms. The fourth-order valence-corrected chi connectivity index (χ4v) is 6.47. The van der Waals surface area contributed by atoms with Crippen LogP contribution in [0.4, 0.5) is 0 Å². The smallest absolute Gasteiger partial charge is 0.0793 e. The second kappa shape index (κ2) is 4.01. The average molecular weight is 278 g/mol. The molecule has 2 nitrogen and oxygen atoms in total. The van der Waals surface area contributed by atoms with Gasteiger partial charge in [0.15, 0.2) is 0 Å². The molecule has 1 saturated heterocycles. The molecule has 4 fully saturated rings. The van der Waals surface area contributed by atoms with Gasteiger partial charge in [-0.05, 0) is 62.2 Å². The molecule has 3 aliphatic carbocycles. The Morgan fingerprint density at radius 1 is 1.00 bits per heavy atom. The van der Waals surface area contributed by atoms with Crippen molar-refractivity contribution < 1.29 is 9.47 Å². The van der Waals surface area contributed by atoms with E-state index in [1.54, 1.807) is 0 Å². The number of hydrogen-bond acceptors (Lipinski definition) is 2. The van der Waals surface area contributed by atoms with Gasteiger partial charge in [-0.15, -0.1) is 0 Å². The molecular formula is C18H30O2. The van der Waals surface area contributed by atoms with Gasteiger partial charge in [-0.2, -0.15) is 0 Å². The maximum Gasteiger partial charge on any atom is 0.0793 e. The zero-order valence-electron chi connectivity index (χ0n) is 13.6. The SMILES string of the molecule is CC1COCC23CCC2(O1)C(C)C1CC(C)(C)CC1C3. The number of fused-ring (bicyclic) bond motifs is 1. The number of hydrogen-bond donors (Lipinski definition) is 0. The van der Waals surface area contributed by atoms with Crippen molar-refractivity contribution in [3.05, 3.63) is 0 Å². The van der Waals surface area contributed by atoms with Gasteiger partial charge in [0.1, 0.15) is 0 Å². The van der Waals surface area contributed by atoms with Gasteiger partial charge in [-0.3, -0.25) is 0 Å². The molecule has 2 heteroatoms. The van der Waals surface area contributed by atoms with Gasteiger partial charge in [-0.25, -0.2) is 0 Å². The summed E-state index contributed by atoms with van der Waals surface area (Å²) >= 11 is 0. The van der Waals surface area contributed by atoms with Crippen LogP contribution in [0.3, 0.4) is 0 Å². The summed E-state index contributed by atoms with van der Waals surface area (Å²) in [5, 5.41) is 0. The first-order valence-corrected chi connectivity index (χ1v) is 8.63. The molecule has 6 atom stereocenters. The zero-order chi connectivity index (χ0) is 14.2. The first-order valence-electron chi connectivity index (χ1n) is 8.63. The minimum absolute atomic E-state index is 0.143. The van der Waals surface area contributed by atoms with Crippen LogP contribution in [0.2, 0.25) is 0 Å². The third-order valence-electron chi connectivity index (χ3n) is 7.25. The van der Waals surface area contributed by atoms with E-state index in [4.69, 9.17) is 9.47 Å². The summed E-state index contributed by atoms with van der Waals surface area (Å²) in [5.74, 6) is 2.50. The van der Waals surface area contributed by atoms with E-state index in [1.807, 2.05) is 0 Å². The summed E-state index contributed by atoms with van der Waals surface area (Å²) in [5.41, 5.74) is 1.02. The maximum absolute atomic E-state index is 6.66. The van der Waals surface area contributed by atoms with E-state index in [0.717, 1.165) is 25.0 Å². The van der Waals surface area contributed by atoms with Gasteiger partial charge >= 0.3 is 0 Å². The van der Waals surface area contributed by atoms with Crippen molar-refractivity contribution >= 4 is 0 Å². The highest BCUT2D eigenvalue weighted by Gasteiger charge is 2.70. The van der Waals surface area contributed by atoms with E-state index >= 15 is 0 Å². The fourth-order valence-electron chi connectivity index (χ4n) is 6.47. The quantitative estimate of drug-likeness (QED) is 0.666. The summed E-state index contributed by atoms with van der Waals surface area (Å²) in [6, 6.07) is 0. The Bertz CT molecular complexity index is 418. The molecule has 0 N–H and O–H groups in total. The van der Waals surface area contributed by atoms with Crippen molar-refractivity contribution in [2.24, 2.45) is 28.6 Å². The van der Waals surface area contributed by atoms with Crippen molar-refractivity contribution in [1.82, 2.24) is 0 Å². The summed E-state index contributed by atoms with van der Waals surface area (Å²) < 4.78 is 12.7. The third kappa shape index (κ3) is 1.58. The van der Waals surface area contributed by atoms with Crippen molar-refractivity contribution in [2.45, 2.75) is 71.5 Å². The number of ether oxygens (including phenoxy) is 2. The Labute approximate surface area is 123 Å². The zero-order valence-corrected chi connectivity index (χ0v) is 13.6. The standard InChI is InChI=1S/C18H30O2/c1-12-10-19-11-17-5-6-18(17,20-12)13(2)15-9-16(3,4)7-14(15)8-17/h12-15H,5-11H2,1-4H3. The van der Waals surface area contributed by atoms with Gasteiger partial charge in [-0.1, -0.05) is 20.8 Å². The second-order valence-electron chi connectivity index (χ2n) is 9.10. The molecule has 0 aromatic heterocycles. The van der Waals surface area contributed by atoms with Crippen LogP contribution < -0.4 is 0 Å². The highest BCUT2D eigenvalue weighted by atomic mass is 16.6. The lowest BCUT2D eigenvalue weighted by molar-refractivity contribution is -0.277. The molecule has 0 spiro atoms. The van der Waals surface area contributed by atoms with Gasteiger partial charge in [0.05, 0.1) is 24.9 Å². The lowest BCUT2D eigenvalue weighted by atomic mass is 9.43. The Morgan fingerprint density at radius 2 is 1.80 bits per heavy atom. The van der Waals surface area contributed by atoms with E-state index in [0.29, 0.717) is 16.7 Å². The summed E-state index contributed by atoms with van der Waals surface area (Å²) in [7, 11) is 0. The first kappa shape index (κ1) is 13.6. The van der Waals surface area contributed by atoms with Crippen molar-refractivity contribution in [1.29, 1.82) is 0 Å². The maximum atomic E-state index is 6.66. The Morgan fingerprint density at radius 3 is 2.50 bits per heavy atom. The molecule has 6 unspecified atom stereocenters. The van der Waals surface area contributed by atoms with Gasteiger partial charge in [0.2, 0.25) is 0 Å². The van der Waals surface area contributed by atoms with Crippen molar-refractivity contribution in [3.8, 4) is 0 Å². The Balaban J connectivity index is 1.71. The molecule has 4 rings (SSSR count). The van der Waals surface area contributed by atoms with E-state index in [1.165, 1.54) is 32.1 Å². The fraction of sp³-hybridized carbons (Fsp3) is 1.00. The van der Waals surface area contributed by atoms with Crippen LogP contribution in [0.25, 0.3) is 0 Å². The lowest BCUT2D eigenvalue weighted by Crippen LogP contribution is -2.68. The topological polar surface area (TPSA) is 18.5 Å². The summed E-state index contributed by atoms with van der Waals surface area (Å²) in [4.78, 5) is 0. The molecule has 114 valence electrons. The van der Waals surface area contributed by atoms with Crippen LogP contribution in [0.1, 0.15) is 59.8 Å². The van der Waals surface area contributed by atoms with Crippen LogP contribution in [0.5, 0.6) is 0 Å².